The van der Waals surface area contributed by atoms with Gasteiger partial charge in [-0.15, -0.1) is 10.2 Å². The first-order valence-electron chi connectivity index (χ1n) is 6.64. The lowest BCUT2D eigenvalue weighted by atomic mass is 10.0. The summed E-state index contributed by atoms with van der Waals surface area (Å²) in [7, 11) is 0. The van der Waals surface area contributed by atoms with E-state index in [-0.39, 0.29) is 11.9 Å². The Hall–Kier alpha value is -1.40. The number of hydrogen-bond donors (Lipinski definition) is 1. The van der Waals surface area contributed by atoms with Crippen molar-refractivity contribution in [1.82, 2.24) is 10.2 Å². The minimum absolute atomic E-state index is 0.0210. The van der Waals surface area contributed by atoms with Crippen molar-refractivity contribution in [3.8, 4) is 0 Å². The Kier molecular flexibility index (Phi) is 5.14. The molecule has 0 aliphatic rings. The fourth-order valence-corrected chi connectivity index (χ4v) is 2.41. The van der Waals surface area contributed by atoms with Gasteiger partial charge >= 0.3 is 0 Å². The van der Waals surface area contributed by atoms with Crippen molar-refractivity contribution < 1.29 is 14.5 Å². The van der Waals surface area contributed by atoms with Crippen molar-refractivity contribution in [1.29, 1.82) is 0 Å². The van der Waals surface area contributed by atoms with Crippen LogP contribution in [0, 0.1) is 11.7 Å². The number of thioether (sulfide) groups is 1. The highest BCUT2D eigenvalue weighted by atomic mass is 32.2. The second-order valence-electron chi connectivity index (χ2n) is 4.81. The van der Waals surface area contributed by atoms with Gasteiger partial charge in [0.15, 0.2) is 6.04 Å². The predicted molar refractivity (Wildman–Crippen MR) is 75.3 cm³/mol. The number of aromatic nitrogens is 2. The average Bonchev–Trinajstić information content (AvgIpc) is 2.94. The smallest absolute Gasteiger partial charge is 0.277 e. The maximum Gasteiger partial charge on any atom is 0.277 e. The summed E-state index contributed by atoms with van der Waals surface area (Å²) in [6.07, 6.45) is 1.02. The zero-order valence-electron chi connectivity index (χ0n) is 11.7. The summed E-state index contributed by atoms with van der Waals surface area (Å²) < 4.78 is 18.4. The van der Waals surface area contributed by atoms with Crippen molar-refractivity contribution in [2.24, 2.45) is 5.92 Å². The van der Waals surface area contributed by atoms with Crippen molar-refractivity contribution >= 4 is 11.8 Å². The van der Waals surface area contributed by atoms with Gasteiger partial charge in [0.2, 0.25) is 0 Å². The van der Waals surface area contributed by atoms with Gasteiger partial charge in [0.05, 0.1) is 0 Å². The van der Waals surface area contributed by atoms with Crippen molar-refractivity contribution in [2.75, 3.05) is 0 Å². The number of hydrogen-bond acceptors (Lipinski definition) is 4. The first kappa shape index (κ1) is 15.0. The molecule has 0 saturated carbocycles. The summed E-state index contributed by atoms with van der Waals surface area (Å²) in [4.78, 5) is 0. The number of rotatable bonds is 6. The summed E-state index contributed by atoms with van der Waals surface area (Å²) in [6, 6.07) is 6.42. The molecule has 1 aromatic heterocycles. The van der Waals surface area contributed by atoms with Crippen LogP contribution in [0.5, 0.6) is 0 Å². The SMILES string of the molecule is CCC(C)C([NH3+])c1nnc(SCc2ccc(F)cc2)o1. The van der Waals surface area contributed by atoms with Gasteiger partial charge < -0.3 is 10.2 Å². The molecule has 108 valence electrons. The molecule has 0 radical (unpaired) electrons. The molecule has 2 aromatic rings. The van der Waals surface area contributed by atoms with Gasteiger partial charge in [0.1, 0.15) is 5.82 Å². The van der Waals surface area contributed by atoms with E-state index in [1.54, 1.807) is 12.1 Å². The molecule has 2 unspecified atom stereocenters. The fourth-order valence-electron chi connectivity index (χ4n) is 1.68. The monoisotopic (exact) mass is 296 g/mol. The van der Waals surface area contributed by atoms with Crippen molar-refractivity contribution in [3.05, 3.63) is 41.5 Å². The average molecular weight is 296 g/mol. The Bertz CT molecular complexity index is 544. The lowest BCUT2D eigenvalue weighted by Gasteiger charge is -2.09. The second-order valence-corrected chi connectivity index (χ2v) is 5.74. The first-order valence-corrected chi connectivity index (χ1v) is 7.62. The van der Waals surface area contributed by atoms with Gasteiger partial charge in [-0.3, -0.25) is 0 Å². The van der Waals surface area contributed by atoms with Gasteiger partial charge in [0, 0.05) is 11.7 Å². The molecule has 3 N–H and O–H groups in total. The molecule has 0 bridgehead atoms. The van der Waals surface area contributed by atoms with Crippen molar-refractivity contribution in [2.45, 2.75) is 37.3 Å². The molecule has 0 amide bonds. The molecule has 2 rings (SSSR count). The van der Waals surface area contributed by atoms with Gasteiger partial charge in [-0.1, -0.05) is 37.7 Å². The van der Waals surface area contributed by atoms with Crippen molar-refractivity contribution in [3.63, 3.8) is 0 Å². The van der Waals surface area contributed by atoms with Crippen LogP contribution in [0.1, 0.15) is 37.8 Å². The number of benzene rings is 1. The van der Waals surface area contributed by atoms with E-state index in [1.165, 1.54) is 23.9 Å². The van der Waals surface area contributed by atoms with Gasteiger partial charge in [-0.25, -0.2) is 4.39 Å². The first-order chi connectivity index (χ1) is 9.60. The van der Waals surface area contributed by atoms with Crippen LogP contribution in [-0.4, -0.2) is 10.2 Å². The Labute approximate surface area is 122 Å². The predicted octanol–water partition coefficient (Wildman–Crippen LogP) is 2.83. The van der Waals surface area contributed by atoms with Crippen LogP contribution in [0.15, 0.2) is 33.9 Å². The van der Waals surface area contributed by atoms with Crippen LogP contribution in [0.3, 0.4) is 0 Å². The van der Waals surface area contributed by atoms with Gasteiger partial charge in [0.25, 0.3) is 11.1 Å². The summed E-state index contributed by atoms with van der Waals surface area (Å²) >= 11 is 1.45. The molecule has 0 fully saturated rings. The van der Waals surface area contributed by atoms with Crippen LogP contribution in [0.4, 0.5) is 4.39 Å². The third kappa shape index (κ3) is 3.80. The Balaban J connectivity index is 1.94. The molecule has 2 atom stereocenters. The summed E-state index contributed by atoms with van der Waals surface area (Å²) in [6.45, 7) is 4.23. The van der Waals surface area contributed by atoms with E-state index in [0.717, 1.165) is 12.0 Å². The Morgan fingerprint density at radius 2 is 2.00 bits per heavy atom. The normalized spacial score (nSPS) is 14.2. The Morgan fingerprint density at radius 1 is 1.30 bits per heavy atom. The summed E-state index contributed by atoms with van der Waals surface area (Å²) in [5.74, 6) is 1.44. The number of nitrogens with zero attached hydrogens (tertiary/aromatic N) is 2. The van der Waals surface area contributed by atoms with E-state index >= 15 is 0 Å². The molecule has 1 heterocycles. The Morgan fingerprint density at radius 3 is 2.65 bits per heavy atom. The van der Waals surface area contributed by atoms with Crippen LogP contribution in [-0.2, 0) is 5.75 Å². The topological polar surface area (TPSA) is 66.6 Å². The van der Waals surface area contributed by atoms with Gasteiger partial charge in [-0.2, -0.15) is 0 Å². The lowest BCUT2D eigenvalue weighted by molar-refractivity contribution is -0.444. The van der Waals surface area contributed by atoms with Crippen LogP contribution >= 0.6 is 11.8 Å². The largest absolute Gasteiger partial charge is 0.410 e. The highest BCUT2D eigenvalue weighted by Gasteiger charge is 2.23. The molecular formula is C14H19FN3OS+. The zero-order chi connectivity index (χ0) is 14.5. The third-order valence-corrected chi connectivity index (χ3v) is 4.24. The molecule has 4 nitrogen and oxygen atoms in total. The minimum Gasteiger partial charge on any atom is -0.410 e. The molecule has 20 heavy (non-hydrogen) atoms. The molecular weight excluding hydrogens is 277 g/mol. The summed E-state index contributed by atoms with van der Waals surface area (Å²) in [5, 5.41) is 8.60. The van der Waals surface area contributed by atoms with Crippen LogP contribution in [0.25, 0.3) is 0 Å². The van der Waals surface area contributed by atoms with Gasteiger partial charge in [-0.05, 0) is 24.1 Å². The van der Waals surface area contributed by atoms with E-state index in [0.29, 0.717) is 22.8 Å². The maximum atomic E-state index is 12.8. The van der Waals surface area contributed by atoms with E-state index < -0.39 is 0 Å². The van der Waals surface area contributed by atoms with Crippen LogP contribution < -0.4 is 5.73 Å². The standard InChI is InChI=1S/C14H18FN3OS/c1-3-9(2)12(16)13-17-18-14(19-13)20-8-10-4-6-11(15)7-5-10/h4-7,9,12H,3,8,16H2,1-2H3/p+1. The van der Waals surface area contributed by atoms with Crippen LogP contribution in [0.2, 0.25) is 0 Å². The maximum absolute atomic E-state index is 12.8. The van der Waals surface area contributed by atoms with E-state index in [1.807, 2.05) is 0 Å². The quantitative estimate of drug-likeness (QED) is 0.832. The molecule has 0 aliphatic carbocycles. The summed E-state index contributed by atoms with van der Waals surface area (Å²) in [5.41, 5.74) is 5.09. The lowest BCUT2D eigenvalue weighted by Crippen LogP contribution is -2.56. The fraction of sp³-hybridized carbons (Fsp3) is 0.429. The molecule has 1 aromatic carbocycles. The van der Waals surface area contributed by atoms with E-state index in [4.69, 9.17) is 4.42 Å². The second kappa shape index (κ2) is 6.85. The van der Waals surface area contributed by atoms with E-state index in [9.17, 15) is 4.39 Å². The molecule has 0 aliphatic heterocycles. The highest BCUT2D eigenvalue weighted by molar-refractivity contribution is 7.98. The molecule has 0 spiro atoms. The minimum atomic E-state index is -0.229. The number of quaternary nitrogens is 1. The molecule has 6 heteroatoms. The number of halogens is 1. The third-order valence-electron chi connectivity index (χ3n) is 3.35. The molecule has 0 saturated heterocycles. The zero-order valence-corrected chi connectivity index (χ0v) is 12.5. The van der Waals surface area contributed by atoms with E-state index in [2.05, 4.69) is 29.8 Å². The highest BCUT2D eigenvalue weighted by Crippen LogP contribution is 2.25.